The van der Waals surface area contributed by atoms with Gasteiger partial charge in [0.15, 0.2) is 0 Å². The van der Waals surface area contributed by atoms with Gasteiger partial charge in [0.2, 0.25) is 0 Å². The lowest BCUT2D eigenvalue weighted by atomic mass is 10.1. The molecule has 0 saturated carbocycles. The first-order chi connectivity index (χ1) is 14.1. The first-order valence-electron chi connectivity index (χ1n) is 10.5. The minimum absolute atomic E-state index is 0.330. The van der Waals surface area contributed by atoms with E-state index in [2.05, 4.69) is 10.4 Å². The Hall–Kier alpha value is -2.64. The van der Waals surface area contributed by atoms with Crippen molar-refractivity contribution in [3.05, 3.63) is 29.2 Å². The fourth-order valence-electron chi connectivity index (χ4n) is 3.29. The molecule has 1 aromatic carbocycles. The molecule has 0 aliphatic rings. The molecule has 166 valence electrons. The molecule has 0 atom stereocenters. The van der Waals surface area contributed by atoms with E-state index in [4.69, 9.17) is 9.84 Å². The zero-order valence-corrected chi connectivity index (χ0v) is 18.3. The fourth-order valence-corrected chi connectivity index (χ4v) is 3.29. The van der Waals surface area contributed by atoms with Gasteiger partial charge in [-0.1, -0.05) is 25.7 Å². The zero-order valence-electron chi connectivity index (χ0n) is 18.3. The number of aromatic carboxylic acids is 1. The van der Waals surface area contributed by atoms with Crippen LogP contribution in [0.25, 0.3) is 10.9 Å². The quantitative estimate of drug-likeness (QED) is 0.524. The standard InChI is InChI=1S/C22H32FN3O4/c1-15-16-13-18(23)17(20(27)28)14-19(16)26(25-15)12-10-8-6-5-7-9-11-24-21(29)30-22(2,3)4/h13-14H,5-12H2,1-4H3,(H,24,29)(H,27,28). The highest BCUT2D eigenvalue weighted by Crippen LogP contribution is 2.23. The Bertz CT molecular complexity index is 887. The van der Waals surface area contributed by atoms with Crippen molar-refractivity contribution in [3.63, 3.8) is 0 Å². The number of halogens is 1. The van der Waals surface area contributed by atoms with Crippen molar-refractivity contribution >= 4 is 23.0 Å². The number of carboxylic acid groups (broad SMARTS) is 1. The Balaban J connectivity index is 1.69. The molecule has 2 aromatic rings. The van der Waals surface area contributed by atoms with Gasteiger partial charge >= 0.3 is 12.1 Å². The third-order valence-electron chi connectivity index (χ3n) is 4.72. The van der Waals surface area contributed by atoms with Crippen molar-refractivity contribution in [2.75, 3.05) is 6.54 Å². The Labute approximate surface area is 176 Å². The summed E-state index contributed by atoms with van der Waals surface area (Å²) in [5.74, 6) is -2.01. The number of rotatable bonds is 10. The third-order valence-corrected chi connectivity index (χ3v) is 4.72. The van der Waals surface area contributed by atoms with E-state index >= 15 is 0 Å². The number of fused-ring (bicyclic) bond motifs is 1. The Morgan fingerprint density at radius 3 is 2.40 bits per heavy atom. The van der Waals surface area contributed by atoms with Crippen LogP contribution < -0.4 is 5.32 Å². The van der Waals surface area contributed by atoms with Crippen LogP contribution in [0.3, 0.4) is 0 Å². The molecule has 0 unspecified atom stereocenters. The van der Waals surface area contributed by atoms with Crippen LogP contribution in [-0.4, -0.2) is 39.1 Å². The summed E-state index contributed by atoms with van der Waals surface area (Å²) in [4.78, 5) is 22.7. The summed E-state index contributed by atoms with van der Waals surface area (Å²) >= 11 is 0. The Morgan fingerprint density at radius 2 is 1.77 bits per heavy atom. The average molecular weight is 422 g/mol. The monoisotopic (exact) mass is 421 g/mol. The Morgan fingerprint density at radius 1 is 1.13 bits per heavy atom. The number of nitrogens with zero attached hydrogens (tertiary/aromatic N) is 2. The summed E-state index contributed by atoms with van der Waals surface area (Å²) < 4.78 is 20.9. The molecule has 0 bridgehead atoms. The van der Waals surface area contributed by atoms with Gasteiger partial charge in [0.05, 0.1) is 16.8 Å². The number of benzene rings is 1. The number of unbranched alkanes of at least 4 members (excludes halogenated alkanes) is 5. The number of hydrogen-bond donors (Lipinski definition) is 2. The topological polar surface area (TPSA) is 93.5 Å². The number of aromatic nitrogens is 2. The lowest BCUT2D eigenvalue weighted by molar-refractivity contribution is 0.0526. The van der Waals surface area contributed by atoms with Gasteiger partial charge in [-0.3, -0.25) is 4.68 Å². The van der Waals surface area contributed by atoms with Crippen LogP contribution in [0.15, 0.2) is 12.1 Å². The van der Waals surface area contributed by atoms with Gasteiger partial charge in [-0.2, -0.15) is 5.10 Å². The van der Waals surface area contributed by atoms with E-state index in [0.29, 0.717) is 29.7 Å². The minimum Gasteiger partial charge on any atom is -0.478 e. The molecule has 0 radical (unpaired) electrons. The van der Waals surface area contributed by atoms with Gasteiger partial charge in [-0.15, -0.1) is 0 Å². The molecule has 0 aliphatic heterocycles. The highest BCUT2D eigenvalue weighted by atomic mass is 19.1. The smallest absolute Gasteiger partial charge is 0.407 e. The summed E-state index contributed by atoms with van der Waals surface area (Å²) in [5.41, 5.74) is 0.535. The first kappa shape index (κ1) is 23.6. The molecule has 8 heteroatoms. The summed E-state index contributed by atoms with van der Waals surface area (Å²) in [7, 11) is 0. The lowest BCUT2D eigenvalue weighted by Gasteiger charge is -2.19. The number of carbonyl (C=O) groups excluding carboxylic acids is 1. The second-order valence-corrected chi connectivity index (χ2v) is 8.51. The summed E-state index contributed by atoms with van der Waals surface area (Å²) in [6.07, 6.45) is 5.63. The number of aryl methyl sites for hydroxylation is 2. The zero-order chi connectivity index (χ0) is 22.3. The number of nitrogens with one attached hydrogen (secondary N) is 1. The van der Waals surface area contributed by atoms with Gasteiger partial charge in [-0.05, 0) is 52.7 Å². The number of alkyl carbamates (subject to hydrolysis) is 1. The van der Waals surface area contributed by atoms with Gasteiger partial charge < -0.3 is 15.2 Å². The van der Waals surface area contributed by atoms with Crippen molar-refractivity contribution in [1.82, 2.24) is 15.1 Å². The van der Waals surface area contributed by atoms with Gasteiger partial charge in [0.25, 0.3) is 0 Å². The van der Waals surface area contributed by atoms with Crippen molar-refractivity contribution < 1.29 is 23.8 Å². The second-order valence-electron chi connectivity index (χ2n) is 8.51. The van der Waals surface area contributed by atoms with E-state index < -0.39 is 17.4 Å². The predicted octanol–water partition coefficient (Wildman–Crippen LogP) is 5.05. The van der Waals surface area contributed by atoms with E-state index in [0.717, 1.165) is 38.5 Å². The first-order valence-corrected chi connectivity index (χ1v) is 10.5. The minimum atomic E-state index is -1.28. The molecule has 30 heavy (non-hydrogen) atoms. The predicted molar refractivity (Wildman–Crippen MR) is 113 cm³/mol. The van der Waals surface area contributed by atoms with Gasteiger partial charge in [0, 0.05) is 18.5 Å². The SMILES string of the molecule is Cc1nn(CCCCCCCCNC(=O)OC(C)(C)C)c2cc(C(=O)O)c(F)cc12. The van der Waals surface area contributed by atoms with E-state index in [1.807, 2.05) is 20.8 Å². The van der Waals surface area contributed by atoms with Crippen LogP contribution >= 0.6 is 0 Å². The third kappa shape index (κ3) is 7.00. The highest BCUT2D eigenvalue weighted by Gasteiger charge is 2.17. The van der Waals surface area contributed by atoms with Crippen LogP contribution in [0, 0.1) is 12.7 Å². The molecule has 0 aliphatic carbocycles. The average Bonchev–Trinajstić information content (AvgIpc) is 2.93. The van der Waals surface area contributed by atoms with E-state index in [9.17, 15) is 14.0 Å². The maximum absolute atomic E-state index is 13.9. The number of carboxylic acids is 1. The van der Waals surface area contributed by atoms with E-state index in [1.54, 1.807) is 11.6 Å². The van der Waals surface area contributed by atoms with Crippen LogP contribution in [0.5, 0.6) is 0 Å². The second kappa shape index (κ2) is 10.4. The number of amides is 1. The largest absolute Gasteiger partial charge is 0.478 e. The van der Waals surface area contributed by atoms with Crippen LogP contribution in [0.4, 0.5) is 9.18 Å². The molecule has 1 amide bonds. The van der Waals surface area contributed by atoms with Crippen LogP contribution in [-0.2, 0) is 11.3 Å². The molecule has 0 fully saturated rings. The molecule has 0 saturated heterocycles. The van der Waals surface area contributed by atoms with Crippen molar-refractivity contribution in [2.24, 2.45) is 0 Å². The maximum Gasteiger partial charge on any atom is 0.407 e. The molecular weight excluding hydrogens is 389 g/mol. The van der Waals surface area contributed by atoms with Crippen molar-refractivity contribution in [3.8, 4) is 0 Å². The maximum atomic E-state index is 13.9. The fraction of sp³-hybridized carbons (Fsp3) is 0.591. The van der Waals surface area contributed by atoms with E-state index in [1.165, 1.54) is 12.1 Å². The van der Waals surface area contributed by atoms with Crippen LogP contribution in [0.2, 0.25) is 0 Å². The summed E-state index contributed by atoms with van der Waals surface area (Å²) in [6, 6.07) is 2.62. The Kier molecular flexibility index (Phi) is 8.20. The number of ether oxygens (including phenoxy) is 1. The molecule has 1 aromatic heterocycles. The van der Waals surface area contributed by atoms with Gasteiger partial charge in [-0.25, -0.2) is 14.0 Å². The molecular formula is C22H32FN3O4. The summed E-state index contributed by atoms with van der Waals surface area (Å²) in [6.45, 7) is 8.57. The summed E-state index contributed by atoms with van der Waals surface area (Å²) in [5, 5.41) is 17.0. The lowest BCUT2D eigenvalue weighted by Crippen LogP contribution is -2.32. The van der Waals surface area contributed by atoms with E-state index in [-0.39, 0.29) is 11.7 Å². The molecule has 2 N–H and O–H groups in total. The number of hydrogen-bond acceptors (Lipinski definition) is 4. The van der Waals surface area contributed by atoms with Crippen LogP contribution in [0.1, 0.15) is 75.3 Å². The molecule has 1 heterocycles. The molecule has 2 rings (SSSR count). The number of carbonyl (C=O) groups is 2. The normalized spacial score (nSPS) is 11.6. The molecule has 0 spiro atoms. The molecule has 7 nitrogen and oxygen atoms in total. The van der Waals surface area contributed by atoms with Crippen molar-refractivity contribution in [2.45, 2.75) is 78.4 Å². The highest BCUT2D eigenvalue weighted by molar-refractivity contribution is 5.94. The van der Waals surface area contributed by atoms with Gasteiger partial charge in [0.1, 0.15) is 11.4 Å². The van der Waals surface area contributed by atoms with Crippen molar-refractivity contribution in [1.29, 1.82) is 0 Å².